The van der Waals surface area contributed by atoms with E-state index in [0.29, 0.717) is 11.4 Å². The number of sulfonamides is 1. The SMILES string of the molecule is C[C@H](O)CN(c1ccccc1)S(=O)(=O)CCOc1ccc(F)cc1. The molecule has 5 nitrogen and oxygen atoms in total. The molecule has 1 N–H and O–H groups in total. The van der Waals surface area contributed by atoms with Crippen LogP contribution in [0.2, 0.25) is 0 Å². The fourth-order valence-electron chi connectivity index (χ4n) is 2.12. The average molecular weight is 353 g/mol. The number of hydrogen-bond donors (Lipinski definition) is 1. The molecule has 0 aliphatic carbocycles. The molecule has 7 heteroatoms. The Hall–Kier alpha value is -2.12. The number of hydrogen-bond acceptors (Lipinski definition) is 4. The summed E-state index contributed by atoms with van der Waals surface area (Å²) in [6.07, 6.45) is -0.807. The van der Waals surface area contributed by atoms with Crippen LogP contribution in [0.3, 0.4) is 0 Å². The van der Waals surface area contributed by atoms with Gasteiger partial charge < -0.3 is 9.84 Å². The van der Waals surface area contributed by atoms with Gasteiger partial charge in [0, 0.05) is 0 Å². The molecule has 2 aromatic rings. The van der Waals surface area contributed by atoms with Crippen molar-refractivity contribution in [1.82, 2.24) is 0 Å². The number of para-hydroxylation sites is 1. The molecule has 0 unspecified atom stereocenters. The predicted molar refractivity (Wildman–Crippen MR) is 91.2 cm³/mol. The van der Waals surface area contributed by atoms with E-state index in [0.717, 1.165) is 0 Å². The molecule has 130 valence electrons. The molecule has 0 spiro atoms. The third kappa shape index (κ3) is 5.21. The molecule has 0 saturated heterocycles. The van der Waals surface area contributed by atoms with E-state index >= 15 is 0 Å². The van der Waals surface area contributed by atoms with Gasteiger partial charge in [0.25, 0.3) is 0 Å². The van der Waals surface area contributed by atoms with Crippen molar-refractivity contribution in [3.8, 4) is 5.75 Å². The Morgan fingerprint density at radius 2 is 1.75 bits per heavy atom. The fraction of sp³-hybridized carbons (Fsp3) is 0.294. The summed E-state index contributed by atoms with van der Waals surface area (Å²) in [5, 5.41) is 9.60. The Bertz CT molecular complexity index is 733. The number of halogens is 1. The van der Waals surface area contributed by atoms with Gasteiger partial charge in [0.1, 0.15) is 23.9 Å². The van der Waals surface area contributed by atoms with E-state index < -0.39 is 16.1 Å². The molecular weight excluding hydrogens is 333 g/mol. The van der Waals surface area contributed by atoms with Crippen molar-refractivity contribution in [1.29, 1.82) is 0 Å². The van der Waals surface area contributed by atoms with Gasteiger partial charge in [0.05, 0.1) is 18.3 Å². The molecule has 0 aromatic heterocycles. The van der Waals surface area contributed by atoms with Crippen LogP contribution < -0.4 is 9.04 Å². The lowest BCUT2D eigenvalue weighted by atomic mass is 10.3. The maximum atomic E-state index is 12.8. The van der Waals surface area contributed by atoms with Gasteiger partial charge in [-0.1, -0.05) is 18.2 Å². The second-order valence-electron chi connectivity index (χ2n) is 5.33. The van der Waals surface area contributed by atoms with Crippen molar-refractivity contribution in [3.63, 3.8) is 0 Å². The largest absolute Gasteiger partial charge is 0.492 e. The molecule has 0 aliphatic heterocycles. The van der Waals surface area contributed by atoms with E-state index in [-0.39, 0.29) is 24.7 Å². The first-order valence-corrected chi connectivity index (χ1v) is 9.11. The molecule has 1 atom stereocenters. The van der Waals surface area contributed by atoms with Crippen molar-refractivity contribution in [2.75, 3.05) is 23.2 Å². The first-order chi connectivity index (χ1) is 11.4. The zero-order valence-corrected chi connectivity index (χ0v) is 14.1. The van der Waals surface area contributed by atoms with Crippen LogP contribution in [0.4, 0.5) is 10.1 Å². The highest BCUT2D eigenvalue weighted by Gasteiger charge is 2.23. The van der Waals surface area contributed by atoms with Crippen molar-refractivity contribution in [3.05, 3.63) is 60.4 Å². The molecular formula is C17H20FNO4S. The molecule has 0 bridgehead atoms. The summed E-state index contributed by atoms with van der Waals surface area (Å²) in [6, 6.07) is 13.9. The average Bonchev–Trinajstić information content (AvgIpc) is 2.55. The standard InChI is InChI=1S/C17H20FNO4S/c1-14(20)13-19(16-5-3-2-4-6-16)24(21,22)12-11-23-17-9-7-15(18)8-10-17/h2-10,14,20H,11-13H2,1H3/t14-/m0/s1. The van der Waals surface area contributed by atoms with Crippen molar-refractivity contribution in [2.45, 2.75) is 13.0 Å². The number of rotatable bonds is 8. The molecule has 0 saturated carbocycles. The van der Waals surface area contributed by atoms with E-state index in [1.165, 1.54) is 35.5 Å². The second kappa shape index (κ2) is 8.12. The Morgan fingerprint density at radius 1 is 1.12 bits per heavy atom. The summed E-state index contributed by atoms with van der Waals surface area (Å²) in [4.78, 5) is 0. The van der Waals surface area contributed by atoms with Crippen LogP contribution >= 0.6 is 0 Å². The first kappa shape index (κ1) is 18.2. The highest BCUT2D eigenvalue weighted by molar-refractivity contribution is 7.92. The van der Waals surface area contributed by atoms with Gasteiger partial charge in [-0.25, -0.2) is 12.8 Å². The highest BCUT2D eigenvalue weighted by atomic mass is 32.2. The van der Waals surface area contributed by atoms with Crippen LogP contribution in [0.15, 0.2) is 54.6 Å². The lowest BCUT2D eigenvalue weighted by Crippen LogP contribution is -2.39. The van der Waals surface area contributed by atoms with Crippen LogP contribution in [0.5, 0.6) is 5.75 Å². The lowest BCUT2D eigenvalue weighted by molar-refractivity contribution is 0.204. The van der Waals surface area contributed by atoms with Gasteiger partial charge >= 0.3 is 0 Å². The van der Waals surface area contributed by atoms with Crippen LogP contribution in [-0.4, -0.2) is 38.5 Å². The zero-order chi connectivity index (χ0) is 17.6. The molecule has 0 fully saturated rings. The Balaban J connectivity index is 2.06. The van der Waals surface area contributed by atoms with E-state index in [4.69, 9.17) is 4.74 Å². The zero-order valence-electron chi connectivity index (χ0n) is 13.3. The van der Waals surface area contributed by atoms with Crippen LogP contribution in [0.1, 0.15) is 6.92 Å². The minimum atomic E-state index is -3.67. The van der Waals surface area contributed by atoms with Gasteiger partial charge in [-0.2, -0.15) is 0 Å². The van der Waals surface area contributed by atoms with Crippen LogP contribution in [0, 0.1) is 5.82 Å². The molecule has 0 radical (unpaired) electrons. The molecule has 2 aromatic carbocycles. The second-order valence-corrected chi connectivity index (χ2v) is 7.35. The summed E-state index contributed by atoms with van der Waals surface area (Å²) in [6.45, 7) is 1.42. The fourth-order valence-corrected chi connectivity index (χ4v) is 3.52. The van der Waals surface area contributed by atoms with E-state index in [1.807, 2.05) is 0 Å². The van der Waals surface area contributed by atoms with Crippen molar-refractivity contribution >= 4 is 15.7 Å². The number of ether oxygens (including phenoxy) is 1. The number of nitrogens with zero attached hydrogens (tertiary/aromatic N) is 1. The van der Waals surface area contributed by atoms with Crippen LogP contribution in [0.25, 0.3) is 0 Å². The van der Waals surface area contributed by atoms with E-state index in [2.05, 4.69) is 0 Å². The molecule has 0 amide bonds. The van der Waals surface area contributed by atoms with Crippen molar-refractivity contribution in [2.24, 2.45) is 0 Å². The number of aliphatic hydroxyl groups excluding tert-OH is 1. The van der Waals surface area contributed by atoms with Gasteiger partial charge in [-0.05, 0) is 43.3 Å². The topological polar surface area (TPSA) is 66.8 Å². The maximum absolute atomic E-state index is 12.8. The predicted octanol–water partition coefficient (Wildman–Crippen LogP) is 2.42. The maximum Gasteiger partial charge on any atom is 0.238 e. The summed E-state index contributed by atoms with van der Waals surface area (Å²) in [7, 11) is -3.67. The van der Waals surface area contributed by atoms with Crippen LogP contribution in [-0.2, 0) is 10.0 Å². The molecule has 0 heterocycles. The summed E-state index contributed by atoms with van der Waals surface area (Å²) in [5.74, 6) is -0.248. The van der Waals surface area contributed by atoms with Gasteiger partial charge in [0.15, 0.2) is 0 Å². The van der Waals surface area contributed by atoms with Gasteiger partial charge in [-0.15, -0.1) is 0 Å². The van der Waals surface area contributed by atoms with E-state index in [1.54, 1.807) is 30.3 Å². The summed E-state index contributed by atoms with van der Waals surface area (Å²) < 4.78 is 44.5. The Morgan fingerprint density at radius 3 is 2.33 bits per heavy atom. The third-order valence-corrected chi connectivity index (χ3v) is 4.95. The van der Waals surface area contributed by atoms with E-state index in [9.17, 15) is 17.9 Å². The van der Waals surface area contributed by atoms with Gasteiger partial charge in [-0.3, -0.25) is 4.31 Å². The Labute approximate surface area is 141 Å². The quantitative estimate of drug-likeness (QED) is 0.791. The summed E-state index contributed by atoms with van der Waals surface area (Å²) in [5.41, 5.74) is 0.486. The highest BCUT2D eigenvalue weighted by Crippen LogP contribution is 2.19. The number of aliphatic hydroxyl groups is 1. The Kier molecular flexibility index (Phi) is 6.16. The summed E-state index contributed by atoms with van der Waals surface area (Å²) >= 11 is 0. The molecule has 24 heavy (non-hydrogen) atoms. The molecule has 2 rings (SSSR count). The van der Waals surface area contributed by atoms with Crippen molar-refractivity contribution < 1.29 is 22.7 Å². The third-order valence-electron chi connectivity index (χ3n) is 3.23. The monoisotopic (exact) mass is 353 g/mol. The minimum absolute atomic E-state index is 0.0388. The smallest absolute Gasteiger partial charge is 0.238 e. The van der Waals surface area contributed by atoms with Gasteiger partial charge in [0.2, 0.25) is 10.0 Å². The first-order valence-electron chi connectivity index (χ1n) is 7.50. The molecule has 0 aliphatic rings. The lowest BCUT2D eigenvalue weighted by Gasteiger charge is -2.25. The number of benzene rings is 2. The number of anilines is 1. The minimum Gasteiger partial charge on any atom is -0.492 e. The normalized spacial score (nSPS) is 12.6.